The van der Waals surface area contributed by atoms with E-state index in [0.717, 1.165) is 38.5 Å². The van der Waals surface area contributed by atoms with Crippen molar-refractivity contribution in [3.05, 3.63) is 35.4 Å². The highest BCUT2D eigenvalue weighted by molar-refractivity contribution is 5.76. The van der Waals surface area contributed by atoms with Crippen molar-refractivity contribution < 1.29 is 9.90 Å². The zero-order chi connectivity index (χ0) is 16.7. The van der Waals surface area contributed by atoms with Gasteiger partial charge in [-0.15, -0.1) is 0 Å². The van der Waals surface area contributed by atoms with Crippen molar-refractivity contribution in [3.8, 4) is 0 Å². The number of urea groups is 1. The molecule has 24 heavy (non-hydrogen) atoms. The number of nitrogens with zero attached hydrogens (tertiary/aromatic N) is 2. The van der Waals surface area contributed by atoms with Gasteiger partial charge in [-0.3, -0.25) is 0 Å². The van der Waals surface area contributed by atoms with Crippen LogP contribution in [-0.4, -0.2) is 52.2 Å². The molecule has 0 saturated carbocycles. The normalized spacial score (nSPS) is 30.7. The summed E-state index contributed by atoms with van der Waals surface area (Å²) in [5.41, 5.74) is 2.74. The Morgan fingerprint density at radius 3 is 2.17 bits per heavy atom. The number of piperidine rings is 2. The number of aliphatic hydroxyl groups excluding tert-OH is 1. The highest BCUT2D eigenvalue weighted by atomic mass is 16.3. The first-order valence-electron chi connectivity index (χ1n) is 9.43. The molecule has 3 saturated heterocycles. The Kier molecular flexibility index (Phi) is 4.25. The van der Waals surface area contributed by atoms with Crippen molar-refractivity contribution in [2.24, 2.45) is 0 Å². The van der Waals surface area contributed by atoms with Gasteiger partial charge in [-0.2, -0.15) is 0 Å². The maximum Gasteiger partial charge on any atom is 0.320 e. The van der Waals surface area contributed by atoms with Crippen LogP contribution in [0, 0.1) is 6.92 Å². The van der Waals surface area contributed by atoms with E-state index in [9.17, 15) is 9.90 Å². The molecule has 3 atom stereocenters. The average Bonchev–Trinajstić information content (AvgIpc) is 2.85. The molecule has 4 rings (SSSR count). The summed E-state index contributed by atoms with van der Waals surface area (Å²) in [6.07, 6.45) is 5.72. The molecule has 2 amide bonds. The van der Waals surface area contributed by atoms with Gasteiger partial charge >= 0.3 is 6.03 Å². The Bertz CT molecular complexity index is 578. The molecule has 0 spiro atoms. The fourth-order valence-corrected chi connectivity index (χ4v) is 4.82. The quantitative estimate of drug-likeness (QED) is 0.860. The molecule has 1 aromatic carbocycles. The Labute approximate surface area is 144 Å². The third kappa shape index (κ3) is 2.92. The standard InChI is InChI=1S/C20H28N2O2/c1-14-2-4-15(5-3-14)16-12-17-6-7-18(13-16)22(17)20(24)21-10-8-19(23)9-11-21/h2-5,16-19,23H,6-13H2,1H3/t16?,17-,18+. The molecule has 3 aliphatic heterocycles. The number of hydrogen-bond donors (Lipinski definition) is 1. The first-order valence-corrected chi connectivity index (χ1v) is 9.43. The van der Waals surface area contributed by atoms with E-state index < -0.39 is 0 Å². The van der Waals surface area contributed by atoms with E-state index in [0.29, 0.717) is 31.1 Å². The number of rotatable bonds is 1. The highest BCUT2D eigenvalue weighted by Gasteiger charge is 2.45. The van der Waals surface area contributed by atoms with Crippen molar-refractivity contribution in [1.82, 2.24) is 9.80 Å². The summed E-state index contributed by atoms with van der Waals surface area (Å²) < 4.78 is 0. The van der Waals surface area contributed by atoms with E-state index in [2.05, 4.69) is 36.1 Å². The highest BCUT2D eigenvalue weighted by Crippen LogP contribution is 2.43. The smallest absolute Gasteiger partial charge is 0.320 e. The number of fused-ring (bicyclic) bond motifs is 2. The lowest BCUT2D eigenvalue weighted by Crippen LogP contribution is -2.53. The third-order valence-corrected chi connectivity index (χ3v) is 6.24. The molecule has 3 heterocycles. The largest absolute Gasteiger partial charge is 0.393 e. The molecule has 1 aromatic rings. The monoisotopic (exact) mass is 328 g/mol. The van der Waals surface area contributed by atoms with Gasteiger partial charge in [0.2, 0.25) is 0 Å². The maximum absolute atomic E-state index is 13.0. The van der Waals surface area contributed by atoms with Crippen LogP contribution in [0.4, 0.5) is 4.79 Å². The lowest BCUT2D eigenvalue weighted by Gasteiger charge is -2.43. The van der Waals surface area contributed by atoms with Crippen LogP contribution in [0.3, 0.4) is 0 Å². The average molecular weight is 328 g/mol. The van der Waals surface area contributed by atoms with Gasteiger partial charge in [0.1, 0.15) is 0 Å². The second-order valence-corrected chi connectivity index (χ2v) is 7.87. The number of carbonyl (C=O) groups is 1. The molecule has 0 aromatic heterocycles. The minimum Gasteiger partial charge on any atom is -0.393 e. The van der Waals surface area contributed by atoms with Crippen LogP contribution in [-0.2, 0) is 0 Å². The Morgan fingerprint density at radius 1 is 1.00 bits per heavy atom. The third-order valence-electron chi connectivity index (χ3n) is 6.24. The minimum absolute atomic E-state index is 0.219. The minimum atomic E-state index is -0.224. The summed E-state index contributed by atoms with van der Waals surface area (Å²) in [6.45, 7) is 3.54. The zero-order valence-electron chi connectivity index (χ0n) is 14.5. The molecule has 3 fully saturated rings. The summed E-state index contributed by atoms with van der Waals surface area (Å²) in [6, 6.07) is 9.95. The summed E-state index contributed by atoms with van der Waals surface area (Å²) in [5, 5.41) is 9.66. The van der Waals surface area contributed by atoms with Crippen LogP contribution < -0.4 is 0 Å². The van der Waals surface area contributed by atoms with Gasteiger partial charge in [0.15, 0.2) is 0 Å². The van der Waals surface area contributed by atoms with E-state index in [1.165, 1.54) is 11.1 Å². The van der Waals surface area contributed by atoms with Crippen molar-refractivity contribution in [2.45, 2.75) is 69.6 Å². The van der Waals surface area contributed by atoms with E-state index in [-0.39, 0.29) is 12.1 Å². The summed E-state index contributed by atoms with van der Waals surface area (Å²) in [5.74, 6) is 0.593. The fraction of sp³-hybridized carbons (Fsp3) is 0.650. The molecule has 4 nitrogen and oxygen atoms in total. The second kappa shape index (κ2) is 6.40. The number of carbonyl (C=O) groups excluding carboxylic acids is 1. The van der Waals surface area contributed by atoms with Gasteiger partial charge in [0, 0.05) is 25.2 Å². The van der Waals surface area contributed by atoms with E-state index in [4.69, 9.17) is 0 Å². The van der Waals surface area contributed by atoms with Crippen molar-refractivity contribution in [2.75, 3.05) is 13.1 Å². The van der Waals surface area contributed by atoms with Gasteiger partial charge in [-0.1, -0.05) is 29.8 Å². The SMILES string of the molecule is Cc1ccc(C2C[C@H]3CC[C@@H](C2)N3C(=O)N2CCC(O)CC2)cc1. The molecular weight excluding hydrogens is 300 g/mol. The van der Waals surface area contributed by atoms with Crippen LogP contribution in [0.1, 0.15) is 55.6 Å². The van der Waals surface area contributed by atoms with Gasteiger partial charge in [0.05, 0.1) is 6.10 Å². The van der Waals surface area contributed by atoms with Crippen LogP contribution in [0.5, 0.6) is 0 Å². The fourth-order valence-electron chi connectivity index (χ4n) is 4.82. The maximum atomic E-state index is 13.0. The van der Waals surface area contributed by atoms with Gasteiger partial charge < -0.3 is 14.9 Å². The number of likely N-dealkylation sites (tertiary alicyclic amines) is 1. The summed E-state index contributed by atoms with van der Waals surface area (Å²) >= 11 is 0. The van der Waals surface area contributed by atoms with Gasteiger partial charge in [0.25, 0.3) is 0 Å². The van der Waals surface area contributed by atoms with Crippen molar-refractivity contribution in [1.29, 1.82) is 0 Å². The zero-order valence-corrected chi connectivity index (χ0v) is 14.5. The Hall–Kier alpha value is -1.55. The second-order valence-electron chi connectivity index (χ2n) is 7.87. The summed E-state index contributed by atoms with van der Waals surface area (Å²) in [7, 11) is 0. The molecular formula is C20H28N2O2. The van der Waals surface area contributed by atoms with Crippen molar-refractivity contribution in [3.63, 3.8) is 0 Å². The predicted octanol–water partition coefficient (Wildman–Crippen LogP) is 3.28. The molecule has 0 radical (unpaired) electrons. The van der Waals surface area contributed by atoms with Crippen LogP contribution in [0.2, 0.25) is 0 Å². The van der Waals surface area contributed by atoms with Gasteiger partial charge in [-0.25, -0.2) is 4.79 Å². The van der Waals surface area contributed by atoms with E-state index in [1.54, 1.807) is 0 Å². The number of aliphatic hydroxyl groups is 1. The Balaban J connectivity index is 1.45. The molecule has 4 heteroatoms. The lowest BCUT2D eigenvalue weighted by atomic mass is 9.85. The van der Waals surface area contributed by atoms with Crippen molar-refractivity contribution >= 4 is 6.03 Å². The van der Waals surface area contributed by atoms with Crippen LogP contribution in [0.25, 0.3) is 0 Å². The first-order chi connectivity index (χ1) is 11.6. The Morgan fingerprint density at radius 2 is 1.58 bits per heavy atom. The number of hydrogen-bond acceptors (Lipinski definition) is 2. The molecule has 1 N–H and O–H groups in total. The number of benzene rings is 1. The molecule has 0 aliphatic carbocycles. The topological polar surface area (TPSA) is 43.8 Å². The summed E-state index contributed by atoms with van der Waals surface area (Å²) in [4.78, 5) is 17.1. The molecule has 130 valence electrons. The first kappa shape index (κ1) is 15.9. The number of aryl methyl sites for hydroxylation is 1. The van der Waals surface area contributed by atoms with E-state index in [1.807, 2.05) is 4.90 Å². The van der Waals surface area contributed by atoms with E-state index >= 15 is 0 Å². The van der Waals surface area contributed by atoms with Gasteiger partial charge in [-0.05, 0) is 56.9 Å². The molecule has 1 unspecified atom stereocenters. The molecule has 2 bridgehead atoms. The van der Waals surface area contributed by atoms with Crippen LogP contribution >= 0.6 is 0 Å². The predicted molar refractivity (Wildman–Crippen MR) is 94.0 cm³/mol. The number of amides is 2. The van der Waals surface area contributed by atoms with Crippen LogP contribution in [0.15, 0.2) is 24.3 Å². The lowest BCUT2D eigenvalue weighted by molar-refractivity contribution is 0.0651. The molecule has 3 aliphatic rings.